The Labute approximate surface area is 154 Å². The van der Waals surface area contributed by atoms with Crippen LogP contribution in [0.4, 0.5) is 9.59 Å². The van der Waals surface area contributed by atoms with Crippen LogP contribution in [0.3, 0.4) is 0 Å². The van der Waals surface area contributed by atoms with Crippen LogP contribution in [-0.4, -0.2) is 82.7 Å². The summed E-state index contributed by atoms with van der Waals surface area (Å²) in [6.45, 7) is 0.298. The zero-order valence-corrected chi connectivity index (χ0v) is 14.6. The molecule has 0 aromatic heterocycles. The molecule has 140 valence electrons. The fourth-order valence-corrected chi connectivity index (χ4v) is 3.13. The van der Waals surface area contributed by atoms with E-state index in [9.17, 15) is 19.5 Å². The maximum atomic E-state index is 12.5. The van der Waals surface area contributed by atoms with Crippen molar-refractivity contribution in [3.63, 3.8) is 0 Å². The van der Waals surface area contributed by atoms with Crippen LogP contribution in [0.2, 0.25) is 5.02 Å². The number of carbonyl (C=O) groups is 3. The number of halogens is 1. The molecule has 5 amide bonds. The average molecular weight is 383 g/mol. The van der Waals surface area contributed by atoms with Gasteiger partial charge in [0.05, 0.1) is 13.1 Å². The average Bonchev–Trinajstić information content (AvgIpc) is 2.85. The molecule has 9 nitrogen and oxygen atoms in total. The number of ether oxygens (including phenoxy) is 1. The molecule has 0 bridgehead atoms. The minimum atomic E-state index is -1.05. The lowest BCUT2D eigenvalue weighted by molar-refractivity contribution is -0.130. The highest BCUT2D eigenvalue weighted by atomic mass is 35.5. The van der Waals surface area contributed by atoms with Gasteiger partial charge in [-0.1, -0.05) is 11.6 Å². The number of carbonyl (C=O) groups excluding carboxylic acids is 3. The highest BCUT2D eigenvalue weighted by Crippen LogP contribution is 2.22. The first-order chi connectivity index (χ1) is 12.4. The summed E-state index contributed by atoms with van der Waals surface area (Å²) in [6, 6.07) is 4.75. The molecule has 0 spiro atoms. The van der Waals surface area contributed by atoms with E-state index in [4.69, 9.17) is 22.1 Å². The van der Waals surface area contributed by atoms with Gasteiger partial charge in [0.1, 0.15) is 24.5 Å². The SMILES string of the molecule is NC(=O)N1CCN2C(=O)N(C[C@H](O)COc3ccc(Cl)cc3)C(=O)[C@H]2C1. The Balaban J connectivity index is 1.57. The van der Waals surface area contributed by atoms with Crippen molar-refractivity contribution in [1.82, 2.24) is 14.7 Å². The van der Waals surface area contributed by atoms with E-state index >= 15 is 0 Å². The molecule has 3 N–H and O–H groups in total. The van der Waals surface area contributed by atoms with Gasteiger partial charge in [0, 0.05) is 18.1 Å². The van der Waals surface area contributed by atoms with Crippen LogP contribution in [0.1, 0.15) is 0 Å². The van der Waals surface area contributed by atoms with Crippen LogP contribution in [0.25, 0.3) is 0 Å². The third-order valence-corrected chi connectivity index (χ3v) is 4.62. The number of hydrogen-bond donors (Lipinski definition) is 2. The summed E-state index contributed by atoms with van der Waals surface area (Å²) in [5, 5.41) is 10.7. The molecule has 0 radical (unpaired) electrons. The number of aliphatic hydroxyl groups is 1. The summed E-state index contributed by atoms with van der Waals surface area (Å²) in [4.78, 5) is 39.9. The number of imide groups is 1. The molecular formula is C16H19ClN4O5. The first-order valence-electron chi connectivity index (χ1n) is 8.09. The van der Waals surface area contributed by atoms with Crippen molar-refractivity contribution >= 4 is 29.6 Å². The molecule has 2 fully saturated rings. The predicted molar refractivity (Wildman–Crippen MR) is 91.7 cm³/mol. The molecule has 26 heavy (non-hydrogen) atoms. The van der Waals surface area contributed by atoms with Gasteiger partial charge in [0.2, 0.25) is 0 Å². The molecule has 2 heterocycles. The number of primary amides is 1. The van der Waals surface area contributed by atoms with Gasteiger partial charge in [-0.3, -0.25) is 9.69 Å². The van der Waals surface area contributed by atoms with E-state index in [0.717, 1.165) is 4.90 Å². The lowest BCUT2D eigenvalue weighted by atomic mass is 10.2. The first kappa shape index (κ1) is 18.3. The number of hydrogen-bond acceptors (Lipinski definition) is 5. The fourth-order valence-electron chi connectivity index (χ4n) is 3.01. The standard InChI is InChI=1S/C16H19ClN4O5/c17-10-1-3-12(4-2-10)26-9-11(22)7-21-14(23)13-8-19(15(18)24)5-6-20(13)16(21)25/h1-4,11,13,22H,5-9H2,(H2,18,24)/t11-,13+/m0/s1. The van der Waals surface area contributed by atoms with Gasteiger partial charge in [-0.05, 0) is 24.3 Å². The van der Waals surface area contributed by atoms with Gasteiger partial charge in [0.15, 0.2) is 0 Å². The Kier molecular flexibility index (Phi) is 5.19. The second-order valence-electron chi connectivity index (χ2n) is 6.14. The number of β-amino-alcohol motifs (C(OH)–C–C–N with tert-alkyl or cyclic N) is 1. The van der Waals surface area contributed by atoms with Crippen LogP contribution >= 0.6 is 11.6 Å². The summed E-state index contributed by atoms with van der Waals surface area (Å²) < 4.78 is 5.43. The van der Waals surface area contributed by atoms with Gasteiger partial charge in [-0.25, -0.2) is 9.59 Å². The molecule has 2 aliphatic heterocycles. The van der Waals surface area contributed by atoms with Crippen molar-refractivity contribution in [2.75, 3.05) is 32.8 Å². The number of piperazine rings is 1. The number of urea groups is 2. The normalized spacial score (nSPS) is 21.0. The van der Waals surface area contributed by atoms with Gasteiger partial charge in [0.25, 0.3) is 5.91 Å². The van der Waals surface area contributed by atoms with Crippen molar-refractivity contribution in [1.29, 1.82) is 0 Å². The van der Waals surface area contributed by atoms with Gasteiger partial charge in [-0.15, -0.1) is 0 Å². The Morgan fingerprint density at radius 2 is 2.00 bits per heavy atom. The highest BCUT2D eigenvalue weighted by Gasteiger charge is 2.48. The maximum Gasteiger partial charge on any atom is 0.327 e. The van der Waals surface area contributed by atoms with Crippen LogP contribution < -0.4 is 10.5 Å². The smallest absolute Gasteiger partial charge is 0.327 e. The molecule has 3 rings (SSSR count). The largest absolute Gasteiger partial charge is 0.491 e. The molecule has 0 saturated carbocycles. The quantitative estimate of drug-likeness (QED) is 0.701. The van der Waals surface area contributed by atoms with Crippen molar-refractivity contribution < 1.29 is 24.2 Å². The summed E-state index contributed by atoms with van der Waals surface area (Å²) in [7, 11) is 0. The Morgan fingerprint density at radius 3 is 2.65 bits per heavy atom. The minimum Gasteiger partial charge on any atom is -0.491 e. The van der Waals surface area contributed by atoms with E-state index in [0.29, 0.717) is 10.8 Å². The summed E-state index contributed by atoms with van der Waals surface area (Å²) in [6.07, 6.45) is -1.05. The van der Waals surface area contributed by atoms with E-state index < -0.39 is 30.1 Å². The highest BCUT2D eigenvalue weighted by molar-refractivity contribution is 6.30. The lowest BCUT2D eigenvalue weighted by Gasteiger charge is -2.34. The summed E-state index contributed by atoms with van der Waals surface area (Å²) in [5.74, 6) is 0.0635. The molecule has 0 unspecified atom stereocenters. The monoisotopic (exact) mass is 382 g/mol. The third-order valence-electron chi connectivity index (χ3n) is 4.37. The van der Waals surface area contributed by atoms with E-state index in [-0.39, 0.29) is 32.8 Å². The molecular weight excluding hydrogens is 364 g/mol. The molecule has 1 aromatic rings. The summed E-state index contributed by atoms with van der Waals surface area (Å²) in [5.41, 5.74) is 5.24. The van der Waals surface area contributed by atoms with Crippen LogP contribution in [-0.2, 0) is 4.79 Å². The Hall–Kier alpha value is -2.52. The number of nitrogens with zero attached hydrogens (tertiary/aromatic N) is 3. The van der Waals surface area contributed by atoms with E-state index in [2.05, 4.69) is 0 Å². The van der Waals surface area contributed by atoms with Crippen LogP contribution in [0.5, 0.6) is 5.75 Å². The van der Waals surface area contributed by atoms with Gasteiger partial charge >= 0.3 is 12.1 Å². The Bertz CT molecular complexity index is 713. The fraction of sp³-hybridized carbons (Fsp3) is 0.438. The number of rotatable bonds is 5. The van der Waals surface area contributed by atoms with Crippen LogP contribution in [0.15, 0.2) is 24.3 Å². The molecule has 10 heteroatoms. The third kappa shape index (κ3) is 3.68. The molecule has 1 aromatic carbocycles. The summed E-state index contributed by atoms with van der Waals surface area (Å²) >= 11 is 5.79. The predicted octanol–water partition coefficient (Wildman–Crippen LogP) is 0.107. The van der Waals surface area contributed by atoms with Crippen molar-refractivity contribution in [2.45, 2.75) is 12.1 Å². The lowest BCUT2D eigenvalue weighted by Crippen LogP contribution is -2.55. The van der Waals surface area contributed by atoms with Crippen LogP contribution in [0, 0.1) is 0 Å². The molecule has 2 saturated heterocycles. The van der Waals surface area contributed by atoms with E-state index in [1.807, 2.05) is 0 Å². The zero-order chi connectivity index (χ0) is 18.8. The Morgan fingerprint density at radius 1 is 1.31 bits per heavy atom. The van der Waals surface area contributed by atoms with E-state index in [1.165, 1.54) is 9.80 Å². The molecule has 2 aliphatic rings. The number of amides is 5. The number of benzene rings is 1. The first-order valence-corrected chi connectivity index (χ1v) is 8.47. The maximum absolute atomic E-state index is 12.5. The van der Waals surface area contributed by atoms with Gasteiger partial charge < -0.3 is 25.4 Å². The number of fused-ring (bicyclic) bond motifs is 1. The second-order valence-corrected chi connectivity index (χ2v) is 6.58. The van der Waals surface area contributed by atoms with Crippen molar-refractivity contribution in [3.8, 4) is 5.75 Å². The number of nitrogens with two attached hydrogens (primary N) is 1. The second kappa shape index (κ2) is 7.38. The van der Waals surface area contributed by atoms with Gasteiger partial charge in [-0.2, -0.15) is 0 Å². The molecule has 2 atom stereocenters. The minimum absolute atomic E-state index is 0.0633. The van der Waals surface area contributed by atoms with Crippen molar-refractivity contribution in [2.24, 2.45) is 5.73 Å². The topological polar surface area (TPSA) is 116 Å². The zero-order valence-electron chi connectivity index (χ0n) is 13.9. The molecule has 0 aliphatic carbocycles. The van der Waals surface area contributed by atoms with E-state index in [1.54, 1.807) is 24.3 Å². The number of aliphatic hydroxyl groups excluding tert-OH is 1. The van der Waals surface area contributed by atoms with Crippen molar-refractivity contribution in [3.05, 3.63) is 29.3 Å².